The van der Waals surface area contributed by atoms with Gasteiger partial charge in [0.1, 0.15) is 6.61 Å². The molecule has 1 atom stereocenters. The molecule has 1 aliphatic rings. The number of rotatable bonds is 9. The van der Waals surface area contributed by atoms with Gasteiger partial charge in [0, 0.05) is 28.3 Å². The molecule has 2 aromatic carbocycles. The highest BCUT2D eigenvalue weighted by atomic mass is 79.9. The zero-order chi connectivity index (χ0) is 38.3. The zero-order valence-corrected chi connectivity index (χ0v) is 30.9. The molecule has 2 aromatic heterocycles. The number of methoxy groups -OCH3 is 2. The Hall–Kier alpha value is -5.54. The molecule has 14 nitrogen and oxygen atoms in total. The minimum absolute atomic E-state index is 0.00194. The molecular weight excluding hydrogens is 742 g/mol. The van der Waals surface area contributed by atoms with E-state index in [1.165, 1.54) is 32.4 Å². The van der Waals surface area contributed by atoms with Gasteiger partial charge in [0.15, 0.2) is 0 Å². The largest absolute Gasteiger partial charge is 0.478 e. The lowest BCUT2D eigenvalue weighted by Crippen LogP contribution is -2.21. The van der Waals surface area contributed by atoms with Gasteiger partial charge in [-0.15, -0.1) is 0 Å². The minimum Gasteiger partial charge on any atom is -0.478 e. The molecule has 0 unspecified atom stereocenters. The van der Waals surface area contributed by atoms with E-state index in [0.717, 1.165) is 12.8 Å². The number of aromatic nitrogens is 2. The van der Waals surface area contributed by atoms with Crippen molar-refractivity contribution in [2.75, 3.05) is 27.4 Å². The highest BCUT2D eigenvalue weighted by Gasteiger charge is 2.32. The van der Waals surface area contributed by atoms with Crippen LogP contribution in [-0.4, -0.2) is 77.4 Å². The molecule has 1 saturated heterocycles. The Morgan fingerprint density at radius 3 is 1.77 bits per heavy atom. The first kappa shape index (κ1) is 39.2. The Morgan fingerprint density at radius 1 is 0.808 bits per heavy atom. The molecule has 3 heterocycles. The predicted molar refractivity (Wildman–Crippen MR) is 192 cm³/mol. The molecular formula is C37H36BrN3O11. The number of para-hydroxylation sites is 1. The molecule has 52 heavy (non-hydrogen) atoms. The van der Waals surface area contributed by atoms with Crippen molar-refractivity contribution in [1.82, 2.24) is 9.97 Å². The highest BCUT2D eigenvalue weighted by molar-refractivity contribution is 9.10. The molecule has 1 fully saturated rings. The van der Waals surface area contributed by atoms with Crippen LogP contribution in [0.5, 0.6) is 0 Å². The molecule has 0 amide bonds. The second-order valence-electron chi connectivity index (χ2n) is 11.6. The van der Waals surface area contributed by atoms with E-state index < -0.39 is 28.8 Å². The van der Waals surface area contributed by atoms with Crippen molar-refractivity contribution in [3.05, 3.63) is 108 Å². The molecule has 0 radical (unpaired) electrons. The van der Waals surface area contributed by atoms with E-state index in [0.29, 0.717) is 45.0 Å². The number of hydrogen-bond donors (Lipinski definition) is 1. The molecule has 4 aromatic rings. The molecule has 0 bridgehead atoms. The van der Waals surface area contributed by atoms with Crippen LogP contribution in [0.1, 0.15) is 77.0 Å². The van der Waals surface area contributed by atoms with Crippen LogP contribution in [0.25, 0.3) is 22.3 Å². The van der Waals surface area contributed by atoms with Crippen LogP contribution in [0.4, 0.5) is 5.69 Å². The highest BCUT2D eigenvalue weighted by Crippen LogP contribution is 2.38. The third kappa shape index (κ3) is 8.32. The summed E-state index contributed by atoms with van der Waals surface area (Å²) in [6.07, 6.45) is 1.48. The van der Waals surface area contributed by atoms with Crippen LogP contribution in [0, 0.1) is 37.8 Å². The van der Waals surface area contributed by atoms with Gasteiger partial charge in [-0.2, -0.15) is 0 Å². The summed E-state index contributed by atoms with van der Waals surface area (Å²) in [5, 5.41) is 21.2. The number of carboxylic acid groups (broad SMARTS) is 1. The summed E-state index contributed by atoms with van der Waals surface area (Å²) in [5.74, 6) is -3.23. The molecule has 0 spiro atoms. The van der Waals surface area contributed by atoms with Gasteiger partial charge < -0.3 is 24.1 Å². The molecule has 0 saturated carbocycles. The van der Waals surface area contributed by atoms with Crippen molar-refractivity contribution >= 4 is 45.5 Å². The lowest BCUT2D eigenvalue weighted by atomic mass is 9.91. The van der Waals surface area contributed by atoms with Crippen molar-refractivity contribution in [3.8, 4) is 22.3 Å². The topological polar surface area (TPSA) is 194 Å². The summed E-state index contributed by atoms with van der Waals surface area (Å²) < 4.78 is 21.3. The van der Waals surface area contributed by atoms with Crippen LogP contribution in [0.3, 0.4) is 0 Å². The summed E-state index contributed by atoms with van der Waals surface area (Å²) in [4.78, 5) is 69.0. The number of nitro benzene ring substituents is 1. The van der Waals surface area contributed by atoms with Crippen molar-refractivity contribution in [2.45, 2.75) is 46.6 Å². The molecule has 15 heteroatoms. The number of aryl methyl sites for hydroxylation is 4. The van der Waals surface area contributed by atoms with Crippen molar-refractivity contribution in [1.29, 1.82) is 0 Å². The third-order valence-corrected chi connectivity index (χ3v) is 8.94. The van der Waals surface area contributed by atoms with Crippen molar-refractivity contribution in [3.63, 3.8) is 0 Å². The number of nitrogens with zero attached hydrogens (tertiary/aromatic N) is 3. The molecule has 272 valence electrons. The van der Waals surface area contributed by atoms with Gasteiger partial charge in [0.2, 0.25) is 0 Å². The number of carbonyl (C=O) groups excluding carboxylic acids is 3. The Balaban J connectivity index is 0.000000244. The quantitative estimate of drug-likeness (QED) is 0.0790. The molecule has 1 aliphatic heterocycles. The van der Waals surface area contributed by atoms with E-state index in [9.17, 15) is 34.4 Å². The molecule has 1 N–H and O–H groups in total. The third-order valence-electron chi connectivity index (χ3n) is 8.25. The number of ether oxygens (including phenoxy) is 4. The number of esters is 3. The maximum absolute atomic E-state index is 13.0. The van der Waals surface area contributed by atoms with Gasteiger partial charge in [-0.3, -0.25) is 20.1 Å². The SMILES string of the molecule is COC(=O)c1c(C)nc(C)c(C(=O)O)c1-c1ccccc1Br.COC(=O)c1c(C)nc(C)c(C(=O)OC[C@H]2CCCO2)c1-c1ccccc1[N+](=O)[O-]. The zero-order valence-electron chi connectivity index (χ0n) is 29.3. The van der Waals surface area contributed by atoms with Crippen LogP contribution in [0.15, 0.2) is 53.0 Å². The van der Waals surface area contributed by atoms with Crippen LogP contribution in [-0.2, 0) is 18.9 Å². The Bertz CT molecular complexity index is 2060. The lowest BCUT2D eigenvalue weighted by Gasteiger charge is -2.18. The summed E-state index contributed by atoms with van der Waals surface area (Å²) >= 11 is 3.41. The number of carbonyl (C=O) groups is 4. The smallest absolute Gasteiger partial charge is 0.340 e. The fourth-order valence-electron chi connectivity index (χ4n) is 5.98. The van der Waals surface area contributed by atoms with Gasteiger partial charge >= 0.3 is 23.9 Å². The maximum Gasteiger partial charge on any atom is 0.340 e. The van der Waals surface area contributed by atoms with Gasteiger partial charge in [0.25, 0.3) is 5.69 Å². The van der Waals surface area contributed by atoms with Gasteiger partial charge in [-0.05, 0) is 58.2 Å². The van der Waals surface area contributed by atoms with Gasteiger partial charge in [-0.1, -0.05) is 46.3 Å². The van der Waals surface area contributed by atoms with E-state index in [1.807, 2.05) is 6.07 Å². The fourth-order valence-corrected chi connectivity index (χ4v) is 6.46. The fraction of sp³-hybridized carbons (Fsp3) is 0.297. The Kier molecular flexibility index (Phi) is 12.9. The molecule has 5 rings (SSSR count). The van der Waals surface area contributed by atoms with Gasteiger partial charge in [-0.25, -0.2) is 19.2 Å². The standard InChI is InChI=1S/C21H22N2O7.C16H14BrNO4/c1-12-17(20(24)28-3)19(15-8-4-5-9-16(15)23(26)27)18(13(2)22-12)21(25)30-11-14-7-6-10-29-14;1-8-12(15(19)20)14(10-6-4-5-7-11(10)17)13(9(2)18-8)16(21)22-3/h4-5,8-9,14H,6-7,10-11H2,1-3H3;4-7H,1-3H3,(H,19,20)/t14-;/m1./s1. The average molecular weight is 779 g/mol. The second-order valence-corrected chi connectivity index (χ2v) is 12.4. The maximum atomic E-state index is 13.0. The summed E-state index contributed by atoms with van der Waals surface area (Å²) in [5.41, 5.74) is 2.38. The van der Waals surface area contributed by atoms with Crippen molar-refractivity contribution < 1.29 is 48.2 Å². The summed E-state index contributed by atoms with van der Waals surface area (Å²) in [7, 11) is 2.45. The number of hydrogen-bond acceptors (Lipinski definition) is 12. The predicted octanol–water partition coefficient (Wildman–Crippen LogP) is 7.01. The number of benzene rings is 2. The van der Waals surface area contributed by atoms with Crippen LogP contribution >= 0.6 is 15.9 Å². The Morgan fingerprint density at radius 2 is 1.29 bits per heavy atom. The van der Waals surface area contributed by atoms with Crippen LogP contribution < -0.4 is 0 Å². The number of nitro groups is 1. The summed E-state index contributed by atoms with van der Waals surface area (Å²) in [6.45, 7) is 7.11. The summed E-state index contributed by atoms with van der Waals surface area (Å²) in [6, 6.07) is 13.0. The first-order valence-electron chi connectivity index (χ1n) is 15.9. The van der Waals surface area contributed by atoms with Gasteiger partial charge in [0.05, 0.1) is 75.8 Å². The second kappa shape index (κ2) is 17.1. The molecule has 0 aliphatic carbocycles. The van der Waals surface area contributed by atoms with E-state index in [-0.39, 0.29) is 51.8 Å². The van der Waals surface area contributed by atoms with E-state index >= 15 is 0 Å². The Labute approximate surface area is 307 Å². The van der Waals surface area contributed by atoms with E-state index in [1.54, 1.807) is 52.0 Å². The van der Waals surface area contributed by atoms with Crippen molar-refractivity contribution in [2.24, 2.45) is 0 Å². The minimum atomic E-state index is -1.14. The number of halogens is 1. The first-order chi connectivity index (χ1) is 24.7. The first-order valence-corrected chi connectivity index (χ1v) is 16.7. The average Bonchev–Trinajstić information content (AvgIpc) is 3.63. The van der Waals surface area contributed by atoms with Crippen LogP contribution in [0.2, 0.25) is 0 Å². The number of pyridine rings is 2. The lowest BCUT2D eigenvalue weighted by molar-refractivity contribution is -0.384. The number of aromatic carboxylic acids is 1. The monoisotopic (exact) mass is 777 g/mol. The van der Waals surface area contributed by atoms with E-state index in [4.69, 9.17) is 18.9 Å². The van der Waals surface area contributed by atoms with E-state index in [2.05, 4.69) is 25.9 Å². The normalized spacial score (nSPS) is 13.4. The number of carboxylic acids is 1.